The second-order valence-corrected chi connectivity index (χ2v) is 6.50. The van der Waals surface area contributed by atoms with Gasteiger partial charge in [-0.05, 0) is 44.0 Å². The van der Waals surface area contributed by atoms with E-state index in [1.165, 1.54) is 0 Å². The van der Waals surface area contributed by atoms with Gasteiger partial charge in [0.1, 0.15) is 0 Å². The largest absolute Gasteiger partial charge is 0.383 e. The lowest BCUT2D eigenvalue weighted by atomic mass is 10.0. The molecule has 6 nitrogen and oxygen atoms in total. The van der Waals surface area contributed by atoms with E-state index in [1.54, 1.807) is 7.11 Å². The van der Waals surface area contributed by atoms with Crippen LogP contribution in [0.15, 0.2) is 24.3 Å². The van der Waals surface area contributed by atoms with Gasteiger partial charge in [0.2, 0.25) is 5.91 Å². The van der Waals surface area contributed by atoms with Gasteiger partial charge in [0, 0.05) is 18.2 Å². The first-order valence-corrected chi connectivity index (χ1v) is 8.46. The predicted molar refractivity (Wildman–Crippen MR) is 93.0 cm³/mol. The topological polar surface area (TPSA) is 70.7 Å². The Morgan fingerprint density at radius 3 is 2.96 bits per heavy atom. The third kappa shape index (κ3) is 5.47. The Balaban J connectivity index is 1.87. The molecular weight excluding hydrogens is 330 g/mol. The Hall–Kier alpha value is -1.63. The average Bonchev–Trinajstić information content (AvgIpc) is 2.95. The summed E-state index contributed by atoms with van der Waals surface area (Å²) in [5.74, 6) is -0.314. The third-order valence-corrected chi connectivity index (χ3v) is 4.23. The minimum Gasteiger partial charge on any atom is -0.383 e. The summed E-state index contributed by atoms with van der Waals surface area (Å²) in [6.07, 6.45) is 1.99. The van der Waals surface area contributed by atoms with Gasteiger partial charge >= 0.3 is 6.03 Å². The quantitative estimate of drug-likeness (QED) is 0.823. The first-order chi connectivity index (χ1) is 11.5. The van der Waals surface area contributed by atoms with Crippen molar-refractivity contribution in [2.75, 3.05) is 26.8 Å². The number of hydrogen-bond donors (Lipinski definition) is 2. The smallest absolute Gasteiger partial charge is 0.321 e. The summed E-state index contributed by atoms with van der Waals surface area (Å²) < 4.78 is 4.94. The number of amides is 3. The molecule has 1 aliphatic rings. The molecule has 0 aromatic heterocycles. The summed E-state index contributed by atoms with van der Waals surface area (Å²) >= 11 is 6.06. The van der Waals surface area contributed by atoms with Crippen LogP contribution in [-0.4, -0.2) is 49.7 Å². The number of halogens is 1. The minimum absolute atomic E-state index is 0.157. The van der Waals surface area contributed by atoms with E-state index in [-0.39, 0.29) is 24.5 Å². The molecule has 1 fully saturated rings. The van der Waals surface area contributed by atoms with Crippen LogP contribution in [0.5, 0.6) is 0 Å². The SMILES string of the molecule is COCC(C)NC(=O)NC(=O)CN1CCCC1c1cccc(Cl)c1. The Kier molecular flexibility index (Phi) is 7.02. The van der Waals surface area contributed by atoms with Gasteiger partial charge in [-0.3, -0.25) is 15.0 Å². The average molecular weight is 354 g/mol. The number of likely N-dealkylation sites (tertiary alicyclic amines) is 1. The van der Waals surface area contributed by atoms with Crippen molar-refractivity contribution in [2.45, 2.75) is 31.8 Å². The van der Waals surface area contributed by atoms with Gasteiger partial charge in [-0.2, -0.15) is 0 Å². The van der Waals surface area contributed by atoms with Gasteiger partial charge in [0.05, 0.1) is 19.2 Å². The van der Waals surface area contributed by atoms with Crippen LogP contribution in [0.3, 0.4) is 0 Å². The summed E-state index contributed by atoms with van der Waals surface area (Å²) in [4.78, 5) is 26.0. The van der Waals surface area contributed by atoms with Gasteiger partial charge in [0.15, 0.2) is 0 Å². The number of carbonyl (C=O) groups is 2. The summed E-state index contributed by atoms with van der Waals surface area (Å²) in [6.45, 7) is 3.21. The fourth-order valence-electron chi connectivity index (χ4n) is 3.01. The maximum absolute atomic E-state index is 12.1. The molecule has 2 unspecified atom stereocenters. The monoisotopic (exact) mass is 353 g/mol. The highest BCUT2D eigenvalue weighted by Crippen LogP contribution is 2.32. The van der Waals surface area contributed by atoms with Crippen molar-refractivity contribution in [1.29, 1.82) is 0 Å². The van der Waals surface area contributed by atoms with Crippen LogP contribution in [0, 0.1) is 0 Å². The van der Waals surface area contributed by atoms with E-state index in [2.05, 4.69) is 15.5 Å². The number of benzene rings is 1. The van der Waals surface area contributed by atoms with E-state index in [9.17, 15) is 9.59 Å². The first-order valence-electron chi connectivity index (χ1n) is 8.08. The van der Waals surface area contributed by atoms with E-state index in [0.29, 0.717) is 11.6 Å². The fourth-order valence-corrected chi connectivity index (χ4v) is 3.21. The van der Waals surface area contributed by atoms with E-state index in [0.717, 1.165) is 24.9 Å². The molecule has 0 aliphatic carbocycles. The number of nitrogens with zero attached hydrogens (tertiary/aromatic N) is 1. The molecule has 0 radical (unpaired) electrons. The molecule has 0 bridgehead atoms. The Bertz CT molecular complexity index is 582. The third-order valence-electron chi connectivity index (χ3n) is 3.99. The van der Waals surface area contributed by atoms with Crippen LogP contribution in [0.4, 0.5) is 4.79 Å². The molecule has 132 valence electrons. The van der Waals surface area contributed by atoms with Crippen molar-refractivity contribution in [3.05, 3.63) is 34.9 Å². The molecule has 0 spiro atoms. The molecule has 3 amide bonds. The normalized spacial score (nSPS) is 19.0. The summed E-state index contributed by atoms with van der Waals surface area (Å²) in [5.41, 5.74) is 1.10. The zero-order valence-electron chi connectivity index (χ0n) is 14.0. The number of methoxy groups -OCH3 is 1. The number of imide groups is 1. The lowest BCUT2D eigenvalue weighted by molar-refractivity contribution is -0.121. The standard InChI is InChI=1S/C17H24ClN3O3/c1-12(11-24-2)19-17(23)20-16(22)10-21-8-4-7-15(21)13-5-3-6-14(18)9-13/h3,5-6,9,12,15H,4,7-8,10-11H2,1-2H3,(H2,19,20,22,23). The summed E-state index contributed by atoms with van der Waals surface area (Å²) in [7, 11) is 1.56. The minimum atomic E-state index is -0.497. The highest BCUT2D eigenvalue weighted by molar-refractivity contribution is 6.30. The number of urea groups is 1. The molecule has 1 aromatic carbocycles. The first kappa shape index (κ1) is 18.7. The number of ether oxygens (including phenoxy) is 1. The molecule has 1 aliphatic heterocycles. The summed E-state index contributed by atoms with van der Waals surface area (Å²) in [5, 5.41) is 5.71. The maximum atomic E-state index is 12.1. The molecule has 2 rings (SSSR count). The lowest BCUT2D eigenvalue weighted by Crippen LogP contribution is -2.47. The molecule has 2 N–H and O–H groups in total. The number of carbonyl (C=O) groups excluding carboxylic acids is 2. The van der Waals surface area contributed by atoms with Crippen molar-refractivity contribution < 1.29 is 14.3 Å². The van der Waals surface area contributed by atoms with E-state index in [4.69, 9.17) is 16.3 Å². The van der Waals surface area contributed by atoms with Crippen LogP contribution in [0.1, 0.15) is 31.4 Å². The second kappa shape index (κ2) is 9.01. The lowest BCUT2D eigenvalue weighted by Gasteiger charge is -2.24. The van der Waals surface area contributed by atoms with Crippen LogP contribution < -0.4 is 10.6 Å². The number of rotatable bonds is 6. The van der Waals surface area contributed by atoms with E-state index < -0.39 is 6.03 Å². The van der Waals surface area contributed by atoms with Gasteiger partial charge in [-0.25, -0.2) is 4.79 Å². The van der Waals surface area contributed by atoms with Crippen molar-refractivity contribution >= 4 is 23.5 Å². The second-order valence-electron chi connectivity index (χ2n) is 6.06. The highest BCUT2D eigenvalue weighted by Gasteiger charge is 2.28. The van der Waals surface area contributed by atoms with Crippen LogP contribution in [-0.2, 0) is 9.53 Å². The molecule has 1 heterocycles. The maximum Gasteiger partial charge on any atom is 0.321 e. The van der Waals surface area contributed by atoms with Crippen LogP contribution in [0.25, 0.3) is 0 Å². The molecule has 1 aromatic rings. The van der Waals surface area contributed by atoms with Gasteiger partial charge < -0.3 is 10.1 Å². The van der Waals surface area contributed by atoms with Crippen LogP contribution >= 0.6 is 11.6 Å². The summed E-state index contributed by atoms with van der Waals surface area (Å²) in [6, 6.07) is 7.20. The van der Waals surface area contributed by atoms with Gasteiger partial charge in [-0.15, -0.1) is 0 Å². The fraction of sp³-hybridized carbons (Fsp3) is 0.529. The Morgan fingerprint density at radius 1 is 1.46 bits per heavy atom. The van der Waals surface area contributed by atoms with Crippen molar-refractivity contribution in [2.24, 2.45) is 0 Å². The molecule has 2 atom stereocenters. The van der Waals surface area contributed by atoms with Crippen molar-refractivity contribution in [1.82, 2.24) is 15.5 Å². The molecule has 24 heavy (non-hydrogen) atoms. The van der Waals surface area contributed by atoms with Crippen molar-refractivity contribution in [3.63, 3.8) is 0 Å². The predicted octanol–water partition coefficient (Wildman–Crippen LogP) is 2.34. The highest BCUT2D eigenvalue weighted by atomic mass is 35.5. The van der Waals surface area contributed by atoms with Crippen LogP contribution in [0.2, 0.25) is 5.02 Å². The van der Waals surface area contributed by atoms with Gasteiger partial charge in [0.25, 0.3) is 0 Å². The van der Waals surface area contributed by atoms with E-state index >= 15 is 0 Å². The van der Waals surface area contributed by atoms with Gasteiger partial charge in [-0.1, -0.05) is 23.7 Å². The molecule has 0 saturated carbocycles. The van der Waals surface area contributed by atoms with Crippen molar-refractivity contribution in [3.8, 4) is 0 Å². The molecule has 7 heteroatoms. The van der Waals surface area contributed by atoms with E-state index in [1.807, 2.05) is 31.2 Å². The Labute approximate surface area is 147 Å². The molecule has 1 saturated heterocycles. The number of nitrogens with one attached hydrogen (secondary N) is 2. The zero-order valence-corrected chi connectivity index (χ0v) is 14.8. The molecular formula is C17H24ClN3O3. The Morgan fingerprint density at radius 2 is 2.25 bits per heavy atom. The number of hydrogen-bond acceptors (Lipinski definition) is 4. The zero-order chi connectivity index (χ0) is 17.5.